The van der Waals surface area contributed by atoms with E-state index in [1.54, 1.807) is 0 Å². The number of likely N-dealkylation sites (N-methyl/N-ethyl adjacent to an activating group) is 1. The average Bonchev–Trinajstić information content (AvgIpc) is 3.09. The van der Waals surface area contributed by atoms with Crippen LogP contribution < -0.4 is 10.6 Å². The predicted molar refractivity (Wildman–Crippen MR) is 95.6 cm³/mol. The van der Waals surface area contributed by atoms with Crippen LogP contribution in [-0.2, 0) is 14.2 Å². The van der Waals surface area contributed by atoms with E-state index in [-0.39, 0.29) is 6.10 Å². The van der Waals surface area contributed by atoms with Gasteiger partial charge in [0.25, 0.3) is 0 Å². The topological polar surface area (TPSA) is 67.4 Å². The van der Waals surface area contributed by atoms with Gasteiger partial charge >= 0.3 is 0 Å². The summed E-state index contributed by atoms with van der Waals surface area (Å²) >= 11 is 0. The molecule has 2 unspecified atom stereocenters. The van der Waals surface area contributed by atoms with Crippen molar-refractivity contribution in [3.05, 3.63) is 0 Å². The highest BCUT2D eigenvalue weighted by Crippen LogP contribution is 2.12. The Labute approximate surface area is 146 Å². The van der Waals surface area contributed by atoms with Gasteiger partial charge in [0.15, 0.2) is 5.96 Å². The molecule has 0 radical (unpaired) electrons. The molecule has 2 aliphatic rings. The molecule has 0 amide bonds. The van der Waals surface area contributed by atoms with Gasteiger partial charge in [0, 0.05) is 45.3 Å². The minimum absolute atomic E-state index is 0.191. The summed E-state index contributed by atoms with van der Waals surface area (Å²) in [5, 5.41) is 6.65. The van der Waals surface area contributed by atoms with Crippen molar-refractivity contribution >= 4 is 5.96 Å². The van der Waals surface area contributed by atoms with Crippen molar-refractivity contribution in [1.29, 1.82) is 0 Å². The number of aliphatic imine (C=N–C) groups is 1. The molecule has 0 bridgehead atoms. The van der Waals surface area contributed by atoms with E-state index >= 15 is 0 Å². The molecular formula is C17H34N4O3. The summed E-state index contributed by atoms with van der Waals surface area (Å²) in [6.07, 6.45) is 2.30. The highest BCUT2D eigenvalue weighted by molar-refractivity contribution is 5.79. The minimum atomic E-state index is 0.191. The van der Waals surface area contributed by atoms with Gasteiger partial charge in [-0.1, -0.05) is 0 Å². The SMILES string of the molecule is CCNC(=NCC1CN(C)CCO1)NCCCOCC1CCOC1. The Balaban J connectivity index is 1.56. The molecule has 0 aliphatic carbocycles. The van der Waals surface area contributed by atoms with Crippen molar-refractivity contribution in [2.45, 2.75) is 25.9 Å². The second-order valence-electron chi connectivity index (χ2n) is 6.56. The van der Waals surface area contributed by atoms with Crippen molar-refractivity contribution in [2.24, 2.45) is 10.9 Å². The Morgan fingerprint density at radius 1 is 1.33 bits per heavy atom. The molecule has 2 rings (SSSR count). The van der Waals surface area contributed by atoms with Gasteiger partial charge in [-0.25, -0.2) is 0 Å². The standard InChI is InChI=1S/C17H34N4O3/c1-3-18-17(20-11-16-12-21(2)7-10-24-16)19-6-4-8-22-13-15-5-9-23-14-15/h15-16H,3-14H2,1-2H3,(H2,18,19,20). The summed E-state index contributed by atoms with van der Waals surface area (Å²) in [5.74, 6) is 1.45. The summed E-state index contributed by atoms with van der Waals surface area (Å²) in [5.41, 5.74) is 0. The Morgan fingerprint density at radius 3 is 3.00 bits per heavy atom. The van der Waals surface area contributed by atoms with Gasteiger partial charge in [-0.05, 0) is 26.8 Å². The summed E-state index contributed by atoms with van der Waals surface area (Å²) < 4.78 is 16.8. The predicted octanol–water partition coefficient (Wildman–Crippen LogP) is 0.315. The van der Waals surface area contributed by atoms with E-state index in [9.17, 15) is 0 Å². The molecule has 24 heavy (non-hydrogen) atoms. The molecule has 0 aromatic heterocycles. The van der Waals surface area contributed by atoms with Crippen LogP contribution in [0.4, 0.5) is 0 Å². The van der Waals surface area contributed by atoms with Gasteiger partial charge in [-0.15, -0.1) is 0 Å². The third-order valence-electron chi connectivity index (χ3n) is 4.27. The van der Waals surface area contributed by atoms with E-state index in [2.05, 4.69) is 34.5 Å². The summed E-state index contributed by atoms with van der Waals surface area (Å²) in [6.45, 7) is 10.6. The van der Waals surface area contributed by atoms with Crippen LogP contribution in [0.15, 0.2) is 4.99 Å². The van der Waals surface area contributed by atoms with Crippen LogP contribution >= 0.6 is 0 Å². The maximum atomic E-state index is 5.75. The van der Waals surface area contributed by atoms with Crippen molar-refractivity contribution in [3.63, 3.8) is 0 Å². The van der Waals surface area contributed by atoms with Crippen LogP contribution in [-0.4, -0.2) is 89.8 Å². The highest BCUT2D eigenvalue weighted by Gasteiger charge is 2.17. The van der Waals surface area contributed by atoms with E-state index in [0.29, 0.717) is 12.5 Å². The number of hydrogen-bond acceptors (Lipinski definition) is 5. The molecule has 0 spiro atoms. The molecule has 140 valence electrons. The molecular weight excluding hydrogens is 308 g/mol. The van der Waals surface area contributed by atoms with Crippen molar-refractivity contribution in [2.75, 3.05) is 72.8 Å². The van der Waals surface area contributed by atoms with Crippen LogP contribution in [0.1, 0.15) is 19.8 Å². The lowest BCUT2D eigenvalue weighted by atomic mass is 10.1. The van der Waals surface area contributed by atoms with E-state index in [1.807, 2.05) is 0 Å². The first-order valence-electron chi connectivity index (χ1n) is 9.25. The smallest absolute Gasteiger partial charge is 0.191 e. The van der Waals surface area contributed by atoms with Crippen molar-refractivity contribution in [1.82, 2.24) is 15.5 Å². The summed E-state index contributed by atoms with van der Waals surface area (Å²) in [4.78, 5) is 6.93. The molecule has 0 saturated carbocycles. The first-order chi connectivity index (χ1) is 11.8. The molecule has 2 heterocycles. The fraction of sp³-hybridized carbons (Fsp3) is 0.941. The first-order valence-corrected chi connectivity index (χ1v) is 9.25. The molecule has 2 N–H and O–H groups in total. The Bertz CT molecular complexity index is 362. The maximum Gasteiger partial charge on any atom is 0.191 e. The monoisotopic (exact) mass is 342 g/mol. The molecule has 0 aromatic carbocycles. The van der Waals surface area contributed by atoms with Gasteiger partial charge < -0.3 is 29.7 Å². The van der Waals surface area contributed by atoms with Crippen LogP contribution in [0.3, 0.4) is 0 Å². The Kier molecular flexibility index (Phi) is 9.42. The fourth-order valence-corrected chi connectivity index (χ4v) is 2.86. The molecule has 7 nitrogen and oxygen atoms in total. The number of hydrogen-bond donors (Lipinski definition) is 2. The molecule has 2 saturated heterocycles. The quantitative estimate of drug-likeness (QED) is 0.357. The summed E-state index contributed by atoms with van der Waals surface area (Å²) in [6, 6.07) is 0. The zero-order chi connectivity index (χ0) is 17.0. The Morgan fingerprint density at radius 2 is 2.25 bits per heavy atom. The Hall–Kier alpha value is -0.890. The third-order valence-corrected chi connectivity index (χ3v) is 4.27. The lowest BCUT2D eigenvalue weighted by molar-refractivity contribution is -0.0136. The molecule has 7 heteroatoms. The van der Waals surface area contributed by atoms with Crippen molar-refractivity contribution in [3.8, 4) is 0 Å². The zero-order valence-electron chi connectivity index (χ0n) is 15.3. The van der Waals surface area contributed by atoms with Crippen LogP contribution in [0.2, 0.25) is 0 Å². The van der Waals surface area contributed by atoms with Crippen LogP contribution in [0.25, 0.3) is 0 Å². The first kappa shape index (κ1) is 19.4. The molecule has 0 aromatic rings. The largest absolute Gasteiger partial charge is 0.381 e. The molecule has 2 aliphatic heterocycles. The average molecular weight is 342 g/mol. The number of rotatable bonds is 9. The van der Waals surface area contributed by atoms with Gasteiger partial charge in [0.2, 0.25) is 0 Å². The van der Waals surface area contributed by atoms with Crippen molar-refractivity contribution < 1.29 is 14.2 Å². The van der Waals surface area contributed by atoms with Gasteiger partial charge in [-0.2, -0.15) is 0 Å². The van der Waals surface area contributed by atoms with Gasteiger partial charge in [0.05, 0.1) is 32.5 Å². The lowest BCUT2D eigenvalue weighted by Crippen LogP contribution is -2.43. The normalized spacial score (nSPS) is 25.8. The number of nitrogens with one attached hydrogen (secondary N) is 2. The number of guanidine groups is 1. The summed E-state index contributed by atoms with van der Waals surface area (Å²) in [7, 11) is 2.13. The van der Waals surface area contributed by atoms with Gasteiger partial charge in [-0.3, -0.25) is 4.99 Å². The maximum absolute atomic E-state index is 5.75. The third kappa shape index (κ3) is 7.79. The second-order valence-corrected chi connectivity index (χ2v) is 6.56. The lowest BCUT2D eigenvalue weighted by Gasteiger charge is -2.29. The van der Waals surface area contributed by atoms with Gasteiger partial charge in [0.1, 0.15) is 0 Å². The number of nitrogens with zero attached hydrogens (tertiary/aromatic N) is 2. The minimum Gasteiger partial charge on any atom is -0.381 e. The van der Waals surface area contributed by atoms with Crippen LogP contribution in [0.5, 0.6) is 0 Å². The molecule has 2 fully saturated rings. The number of ether oxygens (including phenoxy) is 3. The van der Waals surface area contributed by atoms with E-state index in [4.69, 9.17) is 14.2 Å². The number of morpholine rings is 1. The second kappa shape index (κ2) is 11.6. The molecule has 2 atom stereocenters. The van der Waals surface area contributed by atoms with Crippen LogP contribution in [0, 0.1) is 5.92 Å². The van der Waals surface area contributed by atoms with E-state index in [0.717, 1.165) is 78.0 Å². The van der Waals surface area contributed by atoms with E-state index < -0.39 is 0 Å². The fourth-order valence-electron chi connectivity index (χ4n) is 2.86. The zero-order valence-corrected chi connectivity index (χ0v) is 15.3. The van der Waals surface area contributed by atoms with E-state index in [1.165, 1.54) is 0 Å². The highest BCUT2D eigenvalue weighted by atomic mass is 16.5.